The Kier molecular flexibility index (Phi) is 4.48. The number of hydrogen-bond donors (Lipinski definition) is 1. The molecule has 0 aliphatic carbocycles. The molecular formula is C23H22N4O. The third-order valence-electron chi connectivity index (χ3n) is 5.17. The maximum absolute atomic E-state index is 12.7. The number of amides is 1. The van der Waals surface area contributed by atoms with Crippen LogP contribution in [0.1, 0.15) is 53.0 Å². The van der Waals surface area contributed by atoms with Crippen molar-refractivity contribution >= 4 is 11.7 Å². The fourth-order valence-electron chi connectivity index (χ4n) is 3.37. The van der Waals surface area contributed by atoms with Crippen molar-refractivity contribution in [2.75, 3.05) is 5.32 Å². The summed E-state index contributed by atoms with van der Waals surface area (Å²) in [5.74, 6) is 6.65. The average molecular weight is 370 g/mol. The van der Waals surface area contributed by atoms with E-state index < -0.39 is 0 Å². The first kappa shape index (κ1) is 18.0. The molecule has 5 heteroatoms. The zero-order valence-electron chi connectivity index (χ0n) is 16.3. The van der Waals surface area contributed by atoms with Crippen LogP contribution in [-0.2, 0) is 12.0 Å². The van der Waals surface area contributed by atoms with Gasteiger partial charge < -0.3 is 5.32 Å². The molecule has 0 atom stereocenters. The van der Waals surface area contributed by atoms with E-state index in [-0.39, 0.29) is 11.3 Å². The molecule has 0 radical (unpaired) electrons. The highest BCUT2D eigenvalue weighted by atomic mass is 16.1. The number of hydrogen-bond acceptors (Lipinski definition) is 3. The van der Waals surface area contributed by atoms with Crippen LogP contribution in [0.5, 0.6) is 0 Å². The van der Waals surface area contributed by atoms with Crippen LogP contribution < -0.4 is 5.32 Å². The number of pyridine rings is 1. The Balaban J connectivity index is 1.55. The van der Waals surface area contributed by atoms with Crippen LogP contribution >= 0.6 is 0 Å². The minimum absolute atomic E-state index is 0.0922. The van der Waals surface area contributed by atoms with E-state index in [1.54, 1.807) is 12.4 Å². The lowest BCUT2D eigenvalue weighted by atomic mass is 9.89. The molecule has 0 saturated carbocycles. The summed E-state index contributed by atoms with van der Waals surface area (Å²) in [6.45, 7) is 7.27. The highest BCUT2D eigenvalue weighted by molar-refractivity contribution is 6.04. The summed E-state index contributed by atoms with van der Waals surface area (Å²) in [6, 6.07) is 11.3. The molecule has 0 bridgehead atoms. The molecule has 0 fully saturated rings. The first-order valence-corrected chi connectivity index (χ1v) is 9.35. The Morgan fingerprint density at radius 2 is 2.07 bits per heavy atom. The van der Waals surface area contributed by atoms with Gasteiger partial charge in [-0.15, -0.1) is 0 Å². The molecule has 5 nitrogen and oxygen atoms in total. The molecule has 3 heterocycles. The average Bonchev–Trinajstić information content (AvgIpc) is 3.21. The quantitative estimate of drug-likeness (QED) is 0.696. The Labute approximate surface area is 164 Å². The third-order valence-corrected chi connectivity index (χ3v) is 5.17. The van der Waals surface area contributed by atoms with Crippen LogP contribution in [-0.4, -0.2) is 20.7 Å². The molecule has 140 valence electrons. The fourth-order valence-corrected chi connectivity index (χ4v) is 3.37. The van der Waals surface area contributed by atoms with E-state index in [4.69, 9.17) is 0 Å². The Morgan fingerprint density at radius 3 is 2.82 bits per heavy atom. The van der Waals surface area contributed by atoms with E-state index in [0.717, 1.165) is 35.3 Å². The molecule has 3 aromatic rings. The van der Waals surface area contributed by atoms with Crippen molar-refractivity contribution in [1.29, 1.82) is 0 Å². The maximum atomic E-state index is 12.7. The number of anilines is 1. The molecule has 0 spiro atoms. The predicted molar refractivity (Wildman–Crippen MR) is 109 cm³/mol. The molecule has 1 aromatic carbocycles. The van der Waals surface area contributed by atoms with Crippen molar-refractivity contribution in [2.24, 2.45) is 0 Å². The highest BCUT2D eigenvalue weighted by Crippen LogP contribution is 2.35. The predicted octanol–water partition coefficient (Wildman–Crippen LogP) is 3.92. The Morgan fingerprint density at radius 1 is 1.21 bits per heavy atom. The number of nitrogens with zero attached hydrogens (tertiary/aromatic N) is 3. The molecule has 0 saturated heterocycles. The van der Waals surface area contributed by atoms with Gasteiger partial charge in [0.05, 0.1) is 0 Å². The topological polar surface area (TPSA) is 59.8 Å². The van der Waals surface area contributed by atoms with Gasteiger partial charge in [-0.05, 0) is 43.2 Å². The zero-order valence-corrected chi connectivity index (χ0v) is 16.3. The van der Waals surface area contributed by atoms with E-state index in [0.29, 0.717) is 11.4 Å². The molecule has 2 aromatic heterocycles. The van der Waals surface area contributed by atoms with Crippen molar-refractivity contribution in [3.8, 4) is 11.8 Å². The lowest BCUT2D eigenvalue weighted by Gasteiger charge is -2.14. The van der Waals surface area contributed by atoms with Gasteiger partial charge in [0.2, 0.25) is 0 Å². The summed E-state index contributed by atoms with van der Waals surface area (Å²) >= 11 is 0. The van der Waals surface area contributed by atoms with Gasteiger partial charge in [0.1, 0.15) is 0 Å². The summed E-state index contributed by atoms with van der Waals surface area (Å²) in [6.07, 6.45) is 4.51. The number of carbonyl (C=O) groups is 1. The van der Waals surface area contributed by atoms with Crippen molar-refractivity contribution in [2.45, 2.75) is 39.2 Å². The van der Waals surface area contributed by atoms with Gasteiger partial charge in [0.15, 0.2) is 5.82 Å². The van der Waals surface area contributed by atoms with Crippen LogP contribution in [0.25, 0.3) is 0 Å². The van der Waals surface area contributed by atoms with Crippen molar-refractivity contribution in [1.82, 2.24) is 14.8 Å². The van der Waals surface area contributed by atoms with Crippen LogP contribution in [0, 0.1) is 18.8 Å². The molecule has 1 N–H and O–H groups in total. The summed E-state index contributed by atoms with van der Waals surface area (Å²) < 4.78 is 1.98. The minimum atomic E-state index is -0.181. The lowest BCUT2D eigenvalue weighted by molar-refractivity contribution is 0.102. The number of fused-ring (bicyclic) bond motifs is 1. The van der Waals surface area contributed by atoms with Crippen LogP contribution in [0.15, 0.2) is 48.8 Å². The second-order valence-electron chi connectivity index (χ2n) is 7.75. The van der Waals surface area contributed by atoms with Crippen molar-refractivity contribution in [3.63, 3.8) is 0 Å². The van der Waals surface area contributed by atoms with Crippen LogP contribution in [0.3, 0.4) is 0 Å². The highest BCUT2D eigenvalue weighted by Gasteiger charge is 2.32. The van der Waals surface area contributed by atoms with E-state index in [1.165, 1.54) is 0 Å². The largest absolute Gasteiger partial charge is 0.305 e. The summed E-state index contributed by atoms with van der Waals surface area (Å²) in [5, 5.41) is 7.43. The first-order chi connectivity index (χ1) is 13.4. The lowest BCUT2D eigenvalue weighted by Crippen LogP contribution is -2.14. The molecule has 1 amide bonds. The van der Waals surface area contributed by atoms with Gasteiger partial charge in [0, 0.05) is 52.8 Å². The first-order valence-electron chi connectivity index (χ1n) is 9.35. The second kappa shape index (κ2) is 6.97. The van der Waals surface area contributed by atoms with Gasteiger partial charge in [-0.1, -0.05) is 31.8 Å². The SMILES string of the molecule is Cc1ccc(C(=O)Nc2cc3n(n2)CCC3(C)C)cc1C#Cc1cccnc1. The fraction of sp³-hybridized carbons (Fsp3) is 0.261. The van der Waals surface area contributed by atoms with Crippen molar-refractivity contribution < 1.29 is 4.79 Å². The van der Waals surface area contributed by atoms with Crippen LogP contribution in [0.2, 0.25) is 0 Å². The molecule has 0 unspecified atom stereocenters. The molecule has 4 rings (SSSR count). The van der Waals surface area contributed by atoms with Crippen molar-refractivity contribution in [3.05, 3.63) is 76.7 Å². The number of carbonyl (C=O) groups excluding carboxylic acids is 1. The van der Waals surface area contributed by atoms with E-state index >= 15 is 0 Å². The summed E-state index contributed by atoms with van der Waals surface area (Å²) in [5.41, 5.74) is 4.50. The number of benzene rings is 1. The standard InChI is InChI=1S/C23H22N4O/c1-16-6-8-19(13-18(16)9-7-17-5-4-11-24-15-17)22(28)25-21-14-20-23(2,3)10-12-27(20)26-21/h4-6,8,11,13-15H,10,12H2,1-3H3,(H,25,26,28). The van der Waals surface area contributed by atoms with E-state index in [2.05, 4.69) is 41.1 Å². The number of nitrogens with one attached hydrogen (secondary N) is 1. The van der Waals surface area contributed by atoms with Gasteiger partial charge >= 0.3 is 0 Å². The smallest absolute Gasteiger partial charge is 0.256 e. The number of aryl methyl sites for hydroxylation is 2. The Bertz CT molecular complexity index is 1100. The second-order valence-corrected chi connectivity index (χ2v) is 7.75. The maximum Gasteiger partial charge on any atom is 0.256 e. The third kappa shape index (κ3) is 3.54. The molecule has 1 aliphatic heterocycles. The zero-order chi connectivity index (χ0) is 19.7. The summed E-state index contributed by atoms with van der Waals surface area (Å²) in [4.78, 5) is 16.8. The van der Waals surface area contributed by atoms with Gasteiger partial charge in [-0.2, -0.15) is 5.10 Å². The van der Waals surface area contributed by atoms with E-state index in [9.17, 15) is 4.79 Å². The molecule has 28 heavy (non-hydrogen) atoms. The van der Waals surface area contributed by atoms with Gasteiger partial charge in [-0.25, -0.2) is 0 Å². The summed E-state index contributed by atoms with van der Waals surface area (Å²) in [7, 11) is 0. The minimum Gasteiger partial charge on any atom is -0.305 e. The number of aromatic nitrogens is 3. The normalized spacial score (nSPS) is 14.1. The molecular weight excluding hydrogens is 348 g/mol. The van der Waals surface area contributed by atoms with Crippen LogP contribution in [0.4, 0.5) is 5.82 Å². The number of rotatable bonds is 2. The molecule has 1 aliphatic rings. The monoisotopic (exact) mass is 370 g/mol. The Hall–Kier alpha value is -3.39. The van der Waals surface area contributed by atoms with E-state index in [1.807, 2.05) is 48.0 Å². The van der Waals surface area contributed by atoms with Gasteiger partial charge in [-0.3, -0.25) is 14.5 Å². The van der Waals surface area contributed by atoms with Gasteiger partial charge in [0.25, 0.3) is 5.91 Å².